The highest BCUT2D eigenvalue weighted by molar-refractivity contribution is 5.37. The van der Waals surface area contributed by atoms with E-state index in [2.05, 4.69) is 0 Å². The van der Waals surface area contributed by atoms with Gasteiger partial charge in [0.2, 0.25) is 0 Å². The van der Waals surface area contributed by atoms with E-state index in [1.165, 1.54) is 12.1 Å². The lowest BCUT2D eigenvalue weighted by Gasteiger charge is -2.27. The molecule has 1 aromatic rings. The average molecular weight is 239 g/mol. The molecule has 0 saturated heterocycles. The zero-order valence-corrected chi connectivity index (χ0v) is 10.2. The summed E-state index contributed by atoms with van der Waals surface area (Å²) in [6.45, 7) is 5.55. The minimum Gasteiger partial charge on any atom is -0.490 e. The van der Waals surface area contributed by atoms with E-state index >= 15 is 0 Å². The standard InChI is InChI=1S/C12H17NO4/c1-9(2)12(3,14)8-17-11-6-4-5-10(7-11)13(15)16/h4-7,9,14H,8H2,1-3H3. The number of nitro groups is 1. The number of benzene rings is 1. The third-order valence-electron chi connectivity index (χ3n) is 2.80. The molecular weight excluding hydrogens is 222 g/mol. The Hall–Kier alpha value is -1.62. The lowest BCUT2D eigenvalue weighted by atomic mass is 9.94. The lowest BCUT2D eigenvalue weighted by Crippen LogP contribution is -2.37. The van der Waals surface area contributed by atoms with Crippen LogP contribution in [0.25, 0.3) is 0 Å². The van der Waals surface area contributed by atoms with Crippen molar-refractivity contribution in [2.75, 3.05) is 6.61 Å². The topological polar surface area (TPSA) is 72.6 Å². The first-order valence-corrected chi connectivity index (χ1v) is 5.42. The van der Waals surface area contributed by atoms with Crippen LogP contribution in [0, 0.1) is 16.0 Å². The van der Waals surface area contributed by atoms with Crippen LogP contribution in [0.2, 0.25) is 0 Å². The van der Waals surface area contributed by atoms with Gasteiger partial charge in [-0.05, 0) is 18.9 Å². The van der Waals surface area contributed by atoms with Crippen LogP contribution in [0.15, 0.2) is 24.3 Å². The summed E-state index contributed by atoms with van der Waals surface area (Å²) in [6, 6.07) is 5.92. The van der Waals surface area contributed by atoms with E-state index in [-0.39, 0.29) is 18.2 Å². The number of hydrogen-bond acceptors (Lipinski definition) is 4. The fourth-order valence-corrected chi connectivity index (χ4v) is 1.08. The first-order chi connectivity index (χ1) is 7.83. The Labute approximate surface area is 100 Å². The monoisotopic (exact) mass is 239 g/mol. The van der Waals surface area contributed by atoms with Crippen LogP contribution in [0.5, 0.6) is 5.75 Å². The van der Waals surface area contributed by atoms with E-state index in [4.69, 9.17) is 4.74 Å². The molecule has 1 aromatic carbocycles. The SMILES string of the molecule is CC(C)C(C)(O)COc1cccc([N+](=O)[O-])c1. The quantitative estimate of drug-likeness (QED) is 0.632. The molecule has 0 amide bonds. The van der Waals surface area contributed by atoms with Gasteiger partial charge in [0.1, 0.15) is 12.4 Å². The second-order valence-electron chi connectivity index (χ2n) is 4.56. The van der Waals surface area contributed by atoms with E-state index in [1.807, 2.05) is 13.8 Å². The molecule has 1 atom stereocenters. The van der Waals surface area contributed by atoms with Gasteiger partial charge in [0, 0.05) is 6.07 Å². The summed E-state index contributed by atoms with van der Waals surface area (Å²) in [5.41, 5.74) is -0.975. The first-order valence-electron chi connectivity index (χ1n) is 5.42. The minimum atomic E-state index is -0.954. The third kappa shape index (κ3) is 3.71. The molecule has 0 radical (unpaired) electrons. The predicted molar refractivity (Wildman–Crippen MR) is 64.1 cm³/mol. The van der Waals surface area contributed by atoms with Gasteiger partial charge in [-0.1, -0.05) is 19.9 Å². The summed E-state index contributed by atoms with van der Waals surface area (Å²) >= 11 is 0. The molecule has 0 aliphatic carbocycles. The molecule has 5 heteroatoms. The van der Waals surface area contributed by atoms with E-state index in [1.54, 1.807) is 19.1 Å². The molecule has 0 aromatic heterocycles. The normalized spacial score (nSPS) is 14.4. The summed E-state index contributed by atoms with van der Waals surface area (Å²) in [4.78, 5) is 10.1. The maximum atomic E-state index is 10.6. The van der Waals surface area contributed by atoms with Gasteiger partial charge in [0.15, 0.2) is 0 Å². The van der Waals surface area contributed by atoms with E-state index < -0.39 is 10.5 Å². The predicted octanol–water partition coefficient (Wildman–Crippen LogP) is 2.38. The van der Waals surface area contributed by atoms with Gasteiger partial charge in [0.25, 0.3) is 5.69 Å². The van der Waals surface area contributed by atoms with Gasteiger partial charge < -0.3 is 9.84 Å². The van der Waals surface area contributed by atoms with Gasteiger partial charge in [-0.25, -0.2) is 0 Å². The maximum Gasteiger partial charge on any atom is 0.273 e. The zero-order chi connectivity index (χ0) is 13.1. The Balaban J connectivity index is 2.70. The number of hydrogen-bond donors (Lipinski definition) is 1. The van der Waals surface area contributed by atoms with Crippen LogP contribution in [-0.4, -0.2) is 22.2 Å². The molecule has 17 heavy (non-hydrogen) atoms. The maximum absolute atomic E-state index is 10.6. The van der Waals surface area contributed by atoms with Crippen molar-refractivity contribution in [3.63, 3.8) is 0 Å². The number of aliphatic hydroxyl groups is 1. The molecular formula is C12H17NO4. The van der Waals surface area contributed by atoms with Gasteiger partial charge >= 0.3 is 0 Å². The summed E-state index contributed by atoms with van der Waals surface area (Å²) in [5.74, 6) is 0.432. The molecule has 1 unspecified atom stereocenters. The van der Waals surface area contributed by atoms with Crippen molar-refractivity contribution < 1.29 is 14.8 Å². The fraction of sp³-hybridized carbons (Fsp3) is 0.500. The molecule has 0 saturated carbocycles. The zero-order valence-electron chi connectivity index (χ0n) is 10.2. The third-order valence-corrected chi connectivity index (χ3v) is 2.80. The molecule has 1 N–H and O–H groups in total. The first kappa shape index (κ1) is 13.4. The molecule has 0 aliphatic heterocycles. The van der Waals surface area contributed by atoms with Crippen molar-refractivity contribution in [2.24, 2.45) is 5.92 Å². The fourth-order valence-electron chi connectivity index (χ4n) is 1.08. The summed E-state index contributed by atoms with van der Waals surface area (Å²) in [5, 5.41) is 20.5. The van der Waals surface area contributed by atoms with Crippen LogP contribution in [-0.2, 0) is 0 Å². The van der Waals surface area contributed by atoms with Crippen molar-refractivity contribution >= 4 is 5.69 Å². The van der Waals surface area contributed by atoms with Crippen LogP contribution < -0.4 is 4.74 Å². The number of non-ortho nitro benzene ring substituents is 1. The Morgan fingerprint density at radius 3 is 2.71 bits per heavy atom. The Morgan fingerprint density at radius 1 is 1.53 bits per heavy atom. The largest absolute Gasteiger partial charge is 0.490 e. The molecule has 0 spiro atoms. The molecule has 0 bridgehead atoms. The summed E-state index contributed by atoms with van der Waals surface area (Å²) in [6.07, 6.45) is 0. The highest BCUT2D eigenvalue weighted by atomic mass is 16.6. The highest BCUT2D eigenvalue weighted by Crippen LogP contribution is 2.22. The summed E-state index contributed by atoms with van der Waals surface area (Å²) < 4.78 is 5.37. The number of rotatable bonds is 5. The average Bonchev–Trinajstić information content (AvgIpc) is 2.26. The Kier molecular flexibility index (Phi) is 4.07. The molecule has 1 rings (SSSR count). The van der Waals surface area contributed by atoms with Gasteiger partial charge in [0.05, 0.1) is 16.6 Å². The number of nitrogens with zero attached hydrogens (tertiary/aromatic N) is 1. The molecule has 5 nitrogen and oxygen atoms in total. The van der Waals surface area contributed by atoms with Crippen molar-refractivity contribution in [3.8, 4) is 5.75 Å². The van der Waals surface area contributed by atoms with Gasteiger partial charge in [-0.2, -0.15) is 0 Å². The van der Waals surface area contributed by atoms with Gasteiger partial charge in [-0.3, -0.25) is 10.1 Å². The van der Waals surface area contributed by atoms with Crippen molar-refractivity contribution in [1.82, 2.24) is 0 Å². The van der Waals surface area contributed by atoms with Crippen LogP contribution in [0.1, 0.15) is 20.8 Å². The lowest BCUT2D eigenvalue weighted by molar-refractivity contribution is -0.384. The van der Waals surface area contributed by atoms with Crippen molar-refractivity contribution in [2.45, 2.75) is 26.4 Å². The number of ether oxygens (including phenoxy) is 1. The Bertz CT molecular complexity index is 401. The van der Waals surface area contributed by atoms with Crippen molar-refractivity contribution in [1.29, 1.82) is 0 Å². The minimum absolute atomic E-state index is 0.0216. The van der Waals surface area contributed by atoms with E-state index in [0.29, 0.717) is 5.75 Å². The van der Waals surface area contributed by atoms with Crippen LogP contribution >= 0.6 is 0 Å². The van der Waals surface area contributed by atoms with E-state index in [9.17, 15) is 15.2 Å². The smallest absolute Gasteiger partial charge is 0.273 e. The second-order valence-corrected chi connectivity index (χ2v) is 4.56. The van der Waals surface area contributed by atoms with Crippen LogP contribution in [0.3, 0.4) is 0 Å². The summed E-state index contributed by atoms with van der Waals surface area (Å²) in [7, 11) is 0. The second kappa shape index (κ2) is 5.14. The molecule has 0 heterocycles. The van der Waals surface area contributed by atoms with E-state index in [0.717, 1.165) is 0 Å². The van der Waals surface area contributed by atoms with Crippen molar-refractivity contribution in [3.05, 3.63) is 34.4 Å². The van der Waals surface area contributed by atoms with Crippen LogP contribution in [0.4, 0.5) is 5.69 Å². The highest BCUT2D eigenvalue weighted by Gasteiger charge is 2.25. The molecule has 0 aliphatic rings. The number of nitro benzene ring substituents is 1. The van der Waals surface area contributed by atoms with Gasteiger partial charge in [-0.15, -0.1) is 0 Å². The molecule has 94 valence electrons. The molecule has 0 fully saturated rings. The Morgan fingerprint density at radius 2 is 2.18 bits per heavy atom.